The number of aromatic nitrogens is 2. The summed E-state index contributed by atoms with van der Waals surface area (Å²) in [6.45, 7) is 1.02. The predicted octanol–water partition coefficient (Wildman–Crippen LogP) is 2.87. The van der Waals surface area contributed by atoms with Gasteiger partial charge in [0.15, 0.2) is 0 Å². The molecule has 0 atom stereocenters. The lowest BCUT2D eigenvalue weighted by molar-refractivity contribution is 0.0950. The van der Waals surface area contributed by atoms with Crippen LogP contribution >= 0.6 is 15.9 Å². The Morgan fingerprint density at radius 2 is 1.83 bits per heavy atom. The van der Waals surface area contributed by atoms with Crippen LogP contribution in [0, 0.1) is 0 Å². The van der Waals surface area contributed by atoms with E-state index in [1.54, 1.807) is 18.3 Å². The molecule has 0 bridgehead atoms. The second kappa shape index (κ2) is 8.89. The molecule has 2 aromatic carbocycles. The lowest BCUT2D eigenvalue weighted by Gasteiger charge is -2.14. The first-order chi connectivity index (χ1) is 13.8. The van der Waals surface area contributed by atoms with Gasteiger partial charge in [0, 0.05) is 43.1 Å². The van der Waals surface area contributed by atoms with E-state index in [-0.39, 0.29) is 16.4 Å². The average Bonchev–Trinajstić information content (AvgIpc) is 3.20. The molecule has 1 heterocycles. The highest BCUT2D eigenvalue weighted by molar-refractivity contribution is 9.10. The van der Waals surface area contributed by atoms with Gasteiger partial charge in [0.2, 0.25) is 10.0 Å². The Balaban J connectivity index is 1.66. The maximum atomic E-state index is 12.5. The number of hydrogen-bond donors (Lipinski definition) is 1. The van der Waals surface area contributed by atoms with Crippen molar-refractivity contribution in [1.29, 1.82) is 0 Å². The van der Waals surface area contributed by atoms with Gasteiger partial charge in [0.05, 0.1) is 11.4 Å². The molecular formula is C20H21BrN4O3S. The highest BCUT2D eigenvalue weighted by atomic mass is 79.9. The van der Waals surface area contributed by atoms with Crippen LogP contribution in [0.4, 0.5) is 0 Å². The van der Waals surface area contributed by atoms with Crippen molar-refractivity contribution in [2.24, 2.45) is 0 Å². The summed E-state index contributed by atoms with van der Waals surface area (Å²) < 4.78 is 28.2. The molecule has 0 aliphatic carbocycles. The quantitative estimate of drug-likeness (QED) is 0.567. The summed E-state index contributed by atoms with van der Waals surface area (Å²) in [7, 11) is -0.760. The van der Waals surface area contributed by atoms with E-state index in [4.69, 9.17) is 0 Å². The molecule has 152 valence electrons. The molecule has 0 radical (unpaired) electrons. The first kappa shape index (κ1) is 21.2. The number of carbonyl (C=O) groups excluding carboxylic acids is 1. The minimum atomic E-state index is -3.66. The number of benzene rings is 2. The molecule has 0 spiro atoms. The van der Waals surface area contributed by atoms with Gasteiger partial charge in [-0.1, -0.05) is 24.3 Å². The number of carbonyl (C=O) groups is 1. The van der Waals surface area contributed by atoms with Crippen LogP contribution in [-0.4, -0.2) is 42.5 Å². The van der Waals surface area contributed by atoms with Crippen LogP contribution < -0.4 is 5.32 Å². The third kappa shape index (κ3) is 5.11. The normalized spacial score (nSPS) is 11.6. The van der Waals surface area contributed by atoms with Gasteiger partial charge in [0.1, 0.15) is 0 Å². The van der Waals surface area contributed by atoms with Gasteiger partial charge in [-0.15, -0.1) is 0 Å². The summed E-state index contributed by atoms with van der Waals surface area (Å²) in [4.78, 5) is 12.6. The molecule has 0 aliphatic rings. The molecule has 1 aromatic heterocycles. The molecule has 0 fully saturated rings. The Kier molecular flexibility index (Phi) is 6.51. The largest absolute Gasteiger partial charge is 0.348 e. The van der Waals surface area contributed by atoms with Crippen LogP contribution in [0.25, 0.3) is 0 Å². The van der Waals surface area contributed by atoms with Crippen molar-refractivity contribution in [3.63, 3.8) is 0 Å². The summed E-state index contributed by atoms with van der Waals surface area (Å²) in [5.74, 6) is -0.340. The molecule has 0 unspecified atom stereocenters. The molecule has 7 nitrogen and oxygen atoms in total. The molecule has 3 rings (SSSR count). The molecule has 1 N–H and O–H groups in total. The summed E-state index contributed by atoms with van der Waals surface area (Å²) in [5, 5.41) is 7.01. The fraction of sp³-hybridized carbons (Fsp3) is 0.200. The van der Waals surface area contributed by atoms with Gasteiger partial charge >= 0.3 is 0 Å². The summed E-state index contributed by atoms with van der Waals surface area (Å²) in [6, 6.07) is 14.3. The zero-order chi connectivity index (χ0) is 21.0. The zero-order valence-electron chi connectivity index (χ0n) is 16.0. The first-order valence-corrected chi connectivity index (χ1v) is 11.1. The van der Waals surface area contributed by atoms with E-state index >= 15 is 0 Å². The maximum Gasteiger partial charge on any atom is 0.251 e. The Labute approximate surface area is 178 Å². The van der Waals surface area contributed by atoms with Crippen molar-refractivity contribution < 1.29 is 13.2 Å². The topological polar surface area (TPSA) is 84.3 Å². The van der Waals surface area contributed by atoms with E-state index in [0.29, 0.717) is 17.6 Å². The second-order valence-electron chi connectivity index (χ2n) is 6.64. The Morgan fingerprint density at radius 3 is 2.45 bits per heavy atom. The second-order valence-corrected chi connectivity index (χ2v) is 9.61. The van der Waals surface area contributed by atoms with Gasteiger partial charge in [-0.2, -0.15) is 5.10 Å². The number of rotatable bonds is 7. The van der Waals surface area contributed by atoms with Crippen LogP contribution in [0.15, 0.2) is 70.3 Å². The van der Waals surface area contributed by atoms with E-state index in [0.717, 1.165) is 15.4 Å². The first-order valence-electron chi connectivity index (χ1n) is 8.83. The molecule has 1 amide bonds. The van der Waals surface area contributed by atoms with Crippen LogP contribution in [0.5, 0.6) is 0 Å². The van der Waals surface area contributed by atoms with Crippen molar-refractivity contribution >= 4 is 31.9 Å². The highest BCUT2D eigenvalue weighted by Crippen LogP contribution is 2.25. The lowest BCUT2D eigenvalue weighted by atomic mass is 10.1. The summed E-state index contributed by atoms with van der Waals surface area (Å²) >= 11 is 3.24. The third-order valence-electron chi connectivity index (χ3n) is 4.33. The summed E-state index contributed by atoms with van der Waals surface area (Å²) in [5.41, 5.74) is 2.33. The molecular weight excluding hydrogens is 456 g/mol. The van der Waals surface area contributed by atoms with Gasteiger partial charge < -0.3 is 5.32 Å². The minimum absolute atomic E-state index is 0.0538. The highest BCUT2D eigenvalue weighted by Gasteiger charge is 2.22. The number of nitrogens with zero attached hydrogens (tertiary/aromatic N) is 3. The van der Waals surface area contributed by atoms with Crippen molar-refractivity contribution in [2.45, 2.75) is 18.0 Å². The van der Waals surface area contributed by atoms with Crippen molar-refractivity contribution in [2.75, 3.05) is 14.1 Å². The summed E-state index contributed by atoms with van der Waals surface area (Å²) in [6.07, 6.45) is 3.64. The van der Waals surface area contributed by atoms with E-state index in [2.05, 4.69) is 26.3 Å². The predicted molar refractivity (Wildman–Crippen MR) is 114 cm³/mol. The monoisotopic (exact) mass is 476 g/mol. The molecule has 0 aliphatic heterocycles. The Hall–Kier alpha value is -2.49. The Bertz CT molecular complexity index is 1100. The van der Waals surface area contributed by atoms with E-state index in [1.165, 1.54) is 20.2 Å². The number of amides is 1. The lowest BCUT2D eigenvalue weighted by Crippen LogP contribution is -2.25. The van der Waals surface area contributed by atoms with Crippen LogP contribution in [0.1, 0.15) is 21.5 Å². The van der Waals surface area contributed by atoms with Gasteiger partial charge in [0.25, 0.3) is 5.91 Å². The SMILES string of the molecule is CN(C)S(=O)(=O)c1cc(C(=O)NCc2ccc(Cn3cccn3)cc2)ccc1Br. The standard InChI is InChI=1S/C20H21BrN4O3S/c1-24(2)29(27,28)19-12-17(8-9-18(19)21)20(26)22-13-15-4-6-16(7-5-15)14-25-11-3-10-23-25/h3-12H,13-14H2,1-2H3,(H,22,26). The fourth-order valence-electron chi connectivity index (χ4n) is 2.67. The number of sulfonamides is 1. The van der Waals surface area contributed by atoms with Gasteiger partial charge in [-0.25, -0.2) is 12.7 Å². The van der Waals surface area contributed by atoms with Crippen molar-refractivity contribution in [1.82, 2.24) is 19.4 Å². The zero-order valence-corrected chi connectivity index (χ0v) is 18.4. The van der Waals surface area contributed by atoms with Crippen LogP contribution in [0.3, 0.4) is 0 Å². The molecule has 9 heteroatoms. The third-order valence-corrected chi connectivity index (χ3v) is 7.14. The fourth-order valence-corrected chi connectivity index (χ4v) is 4.51. The molecule has 0 saturated heterocycles. The van der Waals surface area contributed by atoms with E-state index in [9.17, 15) is 13.2 Å². The number of nitrogens with one attached hydrogen (secondary N) is 1. The number of halogens is 1. The molecule has 0 saturated carbocycles. The molecule has 3 aromatic rings. The van der Waals surface area contributed by atoms with Gasteiger partial charge in [-0.3, -0.25) is 9.48 Å². The van der Waals surface area contributed by atoms with E-state index < -0.39 is 10.0 Å². The van der Waals surface area contributed by atoms with Crippen molar-refractivity contribution in [3.05, 3.63) is 82.1 Å². The molecule has 29 heavy (non-hydrogen) atoms. The minimum Gasteiger partial charge on any atom is -0.348 e. The van der Waals surface area contributed by atoms with Crippen LogP contribution in [-0.2, 0) is 23.1 Å². The van der Waals surface area contributed by atoms with Crippen molar-refractivity contribution in [3.8, 4) is 0 Å². The average molecular weight is 477 g/mol. The van der Waals surface area contributed by atoms with Crippen LogP contribution in [0.2, 0.25) is 0 Å². The Morgan fingerprint density at radius 1 is 1.14 bits per heavy atom. The number of hydrogen-bond acceptors (Lipinski definition) is 4. The smallest absolute Gasteiger partial charge is 0.251 e. The van der Waals surface area contributed by atoms with Gasteiger partial charge in [-0.05, 0) is 51.3 Å². The van der Waals surface area contributed by atoms with E-state index in [1.807, 2.05) is 41.2 Å². The maximum absolute atomic E-state index is 12.5.